The van der Waals surface area contributed by atoms with Crippen molar-refractivity contribution >= 4 is 27.8 Å². The zero-order chi connectivity index (χ0) is 20.6. The number of fused-ring (bicyclic) bond motifs is 1. The van der Waals surface area contributed by atoms with Crippen LogP contribution >= 0.6 is 0 Å². The van der Waals surface area contributed by atoms with Crippen molar-refractivity contribution < 1.29 is 32.6 Å². The number of amides is 2. The van der Waals surface area contributed by atoms with E-state index in [1.807, 2.05) is 0 Å². The summed E-state index contributed by atoms with van der Waals surface area (Å²) in [4.78, 5) is 38.4. The SMILES string of the molecule is CCOC(=O)[C@@]1(NC(=O)CS(N)(=O)=O)[C@@H]2CN(C)C=C(C(N)=O)[C@@H]2C[C@@H]1O. The molecule has 6 N–H and O–H groups in total. The number of carbonyl (C=O) groups is 3. The number of carbonyl (C=O) groups excluding carboxylic acids is 3. The molecule has 1 aliphatic carbocycles. The van der Waals surface area contributed by atoms with Crippen LogP contribution in [-0.4, -0.2) is 73.8 Å². The van der Waals surface area contributed by atoms with Crippen LogP contribution in [0.1, 0.15) is 13.3 Å². The molecule has 1 aliphatic heterocycles. The van der Waals surface area contributed by atoms with E-state index in [9.17, 15) is 27.9 Å². The number of nitrogens with one attached hydrogen (secondary N) is 1. The average Bonchev–Trinajstić information content (AvgIpc) is 2.78. The predicted octanol–water partition coefficient (Wildman–Crippen LogP) is -3.00. The summed E-state index contributed by atoms with van der Waals surface area (Å²) in [5, 5.41) is 17.9. The van der Waals surface area contributed by atoms with Crippen LogP contribution in [0.25, 0.3) is 0 Å². The third-order valence-electron chi connectivity index (χ3n) is 4.89. The highest BCUT2D eigenvalue weighted by molar-refractivity contribution is 7.89. The summed E-state index contributed by atoms with van der Waals surface area (Å²) in [6.45, 7) is 1.73. The van der Waals surface area contributed by atoms with Crippen LogP contribution in [0, 0.1) is 11.8 Å². The molecule has 1 heterocycles. The second-order valence-electron chi connectivity index (χ2n) is 6.80. The molecule has 2 rings (SSSR count). The average molecular weight is 404 g/mol. The Kier molecular flexibility index (Phi) is 5.82. The summed E-state index contributed by atoms with van der Waals surface area (Å²) < 4.78 is 27.5. The Bertz CT molecular complexity index is 781. The van der Waals surface area contributed by atoms with Crippen molar-refractivity contribution in [3.63, 3.8) is 0 Å². The number of nitrogens with two attached hydrogens (primary N) is 2. The Morgan fingerprint density at radius 3 is 2.59 bits per heavy atom. The smallest absolute Gasteiger partial charge is 0.334 e. The van der Waals surface area contributed by atoms with E-state index in [1.165, 1.54) is 6.20 Å². The molecule has 4 atom stereocenters. The van der Waals surface area contributed by atoms with Gasteiger partial charge in [-0.25, -0.2) is 18.4 Å². The number of rotatable bonds is 6. The molecule has 0 unspecified atom stereocenters. The number of primary sulfonamides is 1. The Balaban J connectivity index is 2.49. The van der Waals surface area contributed by atoms with Gasteiger partial charge in [-0.15, -0.1) is 0 Å². The molecule has 2 amide bonds. The highest BCUT2D eigenvalue weighted by atomic mass is 32.2. The lowest BCUT2D eigenvalue weighted by molar-refractivity contribution is -0.160. The molecule has 0 saturated heterocycles. The zero-order valence-corrected chi connectivity index (χ0v) is 15.9. The van der Waals surface area contributed by atoms with Gasteiger partial charge in [0.25, 0.3) is 0 Å². The Morgan fingerprint density at radius 2 is 2.07 bits per heavy atom. The molecule has 152 valence electrons. The Labute approximate surface area is 156 Å². The maximum absolute atomic E-state index is 12.8. The molecule has 1 saturated carbocycles. The van der Waals surface area contributed by atoms with Crippen LogP contribution < -0.4 is 16.2 Å². The maximum Gasteiger partial charge on any atom is 0.334 e. The van der Waals surface area contributed by atoms with Crippen molar-refractivity contribution in [1.82, 2.24) is 10.2 Å². The van der Waals surface area contributed by atoms with Gasteiger partial charge >= 0.3 is 5.97 Å². The van der Waals surface area contributed by atoms with Gasteiger partial charge in [-0.05, 0) is 13.3 Å². The first-order chi connectivity index (χ1) is 12.4. The molecule has 0 spiro atoms. The number of hydrogen-bond acceptors (Lipinski definition) is 8. The van der Waals surface area contributed by atoms with E-state index >= 15 is 0 Å². The standard InChI is InChI=1S/C15H24N4O7S/c1-3-26-14(23)15(18-12(21)7-27(17,24)25)10-6-19(2)5-9(13(16)22)8(10)4-11(15)20/h5,8,10-11,20H,3-4,6-7H2,1-2H3,(H2,16,22)(H,18,21)(H2,17,24,25)/t8-,10+,11-,15+/m0/s1. The van der Waals surface area contributed by atoms with Crippen molar-refractivity contribution in [3.05, 3.63) is 11.8 Å². The molecule has 0 aromatic heterocycles. The van der Waals surface area contributed by atoms with Gasteiger partial charge in [0.2, 0.25) is 21.8 Å². The normalized spacial score (nSPS) is 30.3. The van der Waals surface area contributed by atoms with Gasteiger partial charge in [-0.1, -0.05) is 0 Å². The summed E-state index contributed by atoms with van der Waals surface area (Å²) in [5.41, 5.74) is 3.71. The number of aliphatic hydroxyl groups is 1. The van der Waals surface area contributed by atoms with Crippen molar-refractivity contribution in [2.24, 2.45) is 22.7 Å². The lowest BCUT2D eigenvalue weighted by Crippen LogP contribution is -2.66. The molecule has 2 aliphatic rings. The minimum atomic E-state index is -4.15. The number of aliphatic hydroxyl groups excluding tert-OH is 1. The highest BCUT2D eigenvalue weighted by Gasteiger charge is 2.63. The van der Waals surface area contributed by atoms with Crippen LogP contribution in [0.15, 0.2) is 11.8 Å². The second kappa shape index (κ2) is 7.44. The van der Waals surface area contributed by atoms with E-state index in [4.69, 9.17) is 15.6 Å². The van der Waals surface area contributed by atoms with E-state index in [1.54, 1.807) is 18.9 Å². The van der Waals surface area contributed by atoms with Gasteiger partial charge in [-0.2, -0.15) is 0 Å². The lowest BCUT2D eigenvalue weighted by atomic mass is 9.77. The molecule has 0 bridgehead atoms. The van der Waals surface area contributed by atoms with Gasteiger partial charge in [0, 0.05) is 37.2 Å². The van der Waals surface area contributed by atoms with Crippen molar-refractivity contribution in [2.75, 3.05) is 26.0 Å². The molecule has 1 fully saturated rings. The summed E-state index contributed by atoms with van der Waals surface area (Å²) in [6.07, 6.45) is 0.0935. The molecule has 12 heteroatoms. The monoisotopic (exact) mass is 404 g/mol. The lowest BCUT2D eigenvalue weighted by Gasteiger charge is -2.41. The summed E-state index contributed by atoms with van der Waals surface area (Å²) in [7, 11) is -2.51. The summed E-state index contributed by atoms with van der Waals surface area (Å²) in [6, 6.07) is 0. The first-order valence-electron chi connectivity index (χ1n) is 8.30. The second-order valence-corrected chi connectivity index (χ2v) is 8.41. The van der Waals surface area contributed by atoms with Crippen LogP contribution in [0.3, 0.4) is 0 Å². The number of ether oxygens (including phenoxy) is 1. The fourth-order valence-corrected chi connectivity index (χ4v) is 4.36. The first kappa shape index (κ1) is 21.1. The van der Waals surface area contributed by atoms with Crippen LogP contribution in [-0.2, 0) is 29.1 Å². The highest BCUT2D eigenvalue weighted by Crippen LogP contribution is 2.47. The number of esters is 1. The minimum absolute atomic E-state index is 0.0237. The van der Waals surface area contributed by atoms with Crippen molar-refractivity contribution in [3.8, 4) is 0 Å². The molecule has 27 heavy (non-hydrogen) atoms. The topological polar surface area (TPSA) is 182 Å². The number of sulfonamides is 1. The van der Waals surface area contributed by atoms with Crippen LogP contribution in [0.2, 0.25) is 0 Å². The fourth-order valence-electron chi connectivity index (χ4n) is 3.93. The third kappa shape index (κ3) is 4.06. The largest absolute Gasteiger partial charge is 0.464 e. The van der Waals surface area contributed by atoms with Crippen molar-refractivity contribution in [2.45, 2.75) is 25.0 Å². The minimum Gasteiger partial charge on any atom is -0.464 e. The Morgan fingerprint density at radius 1 is 1.44 bits per heavy atom. The first-order valence-corrected chi connectivity index (χ1v) is 10.0. The van der Waals surface area contributed by atoms with E-state index in [0.29, 0.717) is 0 Å². The molecule has 0 radical (unpaired) electrons. The van der Waals surface area contributed by atoms with Crippen molar-refractivity contribution in [1.29, 1.82) is 0 Å². The van der Waals surface area contributed by atoms with E-state index in [-0.39, 0.29) is 25.1 Å². The summed E-state index contributed by atoms with van der Waals surface area (Å²) >= 11 is 0. The predicted molar refractivity (Wildman–Crippen MR) is 93.0 cm³/mol. The maximum atomic E-state index is 12.8. The molecular weight excluding hydrogens is 380 g/mol. The quantitative estimate of drug-likeness (QED) is 0.338. The van der Waals surface area contributed by atoms with Gasteiger partial charge < -0.3 is 25.8 Å². The molecule has 0 aromatic carbocycles. The van der Waals surface area contributed by atoms with Gasteiger partial charge in [0.05, 0.1) is 12.7 Å². The number of hydrogen-bond donors (Lipinski definition) is 4. The Hall–Kier alpha value is -2.18. The number of primary amides is 1. The van der Waals surface area contributed by atoms with Crippen LogP contribution in [0.5, 0.6) is 0 Å². The molecule has 0 aromatic rings. The number of nitrogens with zero attached hydrogens (tertiary/aromatic N) is 1. The zero-order valence-electron chi connectivity index (χ0n) is 15.0. The fraction of sp³-hybridized carbons (Fsp3) is 0.667. The van der Waals surface area contributed by atoms with Gasteiger partial charge in [0.15, 0.2) is 5.54 Å². The molecular formula is C15H24N4O7S. The van der Waals surface area contributed by atoms with E-state index in [0.717, 1.165) is 0 Å². The van der Waals surface area contributed by atoms with E-state index < -0.39 is 57.0 Å². The molecule has 11 nitrogen and oxygen atoms in total. The van der Waals surface area contributed by atoms with Gasteiger partial charge in [0.1, 0.15) is 5.75 Å². The summed E-state index contributed by atoms with van der Waals surface area (Å²) in [5.74, 6) is -5.09. The van der Waals surface area contributed by atoms with E-state index in [2.05, 4.69) is 5.32 Å². The van der Waals surface area contributed by atoms with Gasteiger partial charge in [-0.3, -0.25) is 9.59 Å². The third-order valence-corrected chi connectivity index (χ3v) is 5.56. The van der Waals surface area contributed by atoms with Crippen LogP contribution in [0.4, 0.5) is 0 Å².